The molecule has 0 radical (unpaired) electrons. The minimum Gasteiger partial charge on any atom is -0.466 e. The predicted octanol–water partition coefficient (Wildman–Crippen LogP) is 4.49. The Morgan fingerprint density at radius 1 is 1.13 bits per heavy atom. The van der Waals surface area contributed by atoms with Crippen LogP contribution in [-0.4, -0.2) is 56.3 Å². The van der Waals surface area contributed by atoms with E-state index in [1.54, 1.807) is 24.4 Å². The molecule has 1 aliphatic rings. The van der Waals surface area contributed by atoms with E-state index in [0.29, 0.717) is 37.2 Å². The number of carbonyl (C=O) groups is 2. The number of methoxy groups -OCH3 is 1. The number of ether oxygens (including phenoxy) is 2. The van der Waals surface area contributed by atoms with Gasteiger partial charge in [0.15, 0.2) is 0 Å². The van der Waals surface area contributed by atoms with Gasteiger partial charge >= 0.3 is 5.97 Å². The third kappa shape index (κ3) is 6.60. The first-order chi connectivity index (χ1) is 19.1. The highest BCUT2D eigenvalue weighted by Crippen LogP contribution is 2.28. The number of nitrogens with zero attached hydrogens (tertiary/aromatic N) is 4. The maximum atomic E-state index is 15.4. The number of amides is 1. The van der Waals surface area contributed by atoms with E-state index in [9.17, 15) is 9.59 Å². The number of anilines is 2. The normalized spacial score (nSPS) is 15.1. The van der Waals surface area contributed by atoms with Gasteiger partial charge in [0, 0.05) is 62.8 Å². The van der Waals surface area contributed by atoms with E-state index in [2.05, 4.69) is 14.7 Å². The number of carbonyl (C=O) groups excluding carboxylic acids is 2. The van der Waals surface area contributed by atoms with E-state index in [4.69, 9.17) is 7.48 Å². The van der Waals surface area contributed by atoms with Crippen LogP contribution in [0.1, 0.15) is 26.7 Å². The van der Waals surface area contributed by atoms with E-state index >= 15 is 4.39 Å². The average Bonchev–Trinajstić information content (AvgIpc) is 2.96. The molecule has 3 aromatic rings. The first-order valence-electron chi connectivity index (χ1n) is 13.2. The van der Waals surface area contributed by atoms with Crippen LogP contribution in [-0.2, 0) is 25.6 Å². The van der Waals surface area contributed by atoms with Crippen LogP contribution < -0.4 is 9.80 Å². The van der Waals surface area contributed by atoms with E-state index in [0.717, 1.165) is 16.8 Å². The molecule has 0 saturated carbocycles. The summed E-state index contributed by atoms with van der Waals surface area (Å²) in [5.41, 5.74) is 1.25. The third-order valence-corrected chi connectivity index (χ3v) is 6.13. The zero-order valence-electron chi connectivity index (χ0n) is 23.6. The number of pyridine rings is 2. The number of benzene rings is 1. The van der Waals surface area contributed by atoms with Crippen LogP contribution in [0.5, 0.6) is 0 Å². The molecular weight excluding hydrogens is 487 g/mol. The van der Waals surface area contributed by atoms with Crippen molar-refractivity contribution in [1.82, 2.24) is 9.97 Å². The van der Waals surface area contributed by atoms with Crippen molar-refractivity contribution in [3.05, 3.63) is 77.9 Å². The number of aromatic nitrogens is 2. The predicted molar refractivity (Wildman–Crippen MR) is 144 cm³/mol. The van der Waals surface area contributed by atoms with Crippen LogP contribution in [0.3, 0.4) is 0 Å². The molecule has 1 aliphatic heterocycles. The molecular formula is C29H31FN4O4. The van der Waals surface area contributed by atoms with E-state index < -0.39 is 30.1 Å². The third-order valence-electron chi connectivity index (χ3n) is 6.13. The molecule has 9 heteroatoms. The quantitative estimate of drug-likeness (QED) is 0.320. The smallest absolute Gasteiger partial charge is 0.330 e. The van der Waals surface area contributed by atoms with Gasteiger partial charge in [-0.05, 0) is 60.4 Å². The highest BCUT2D eigenvalue weighted by Gasteiger charge is 2.28. The molecule has 0 bridgehead atoms. The molecule has 198 valence electrons. The van der Waals surface area contributed by atoms with Gasteiger partial charge in [0.2, 0.25) is 5.91 Å². The summed E-state index contributed by atoms with van der Waals surface area (Å²) in [6.45, 7) is -1.70. The monoisotopic (exact) mass is 520 g/mol. The highest BCUT2D eigenvalue weighted by atomic mass is 19.1. The van der Waals surface area contributed by atoms with E-state index in [1.807, 2.05) is 19.0 Å². The average molecular weight is 521 g/mol. The van der Waals surface area contributed by atoms with Crippen molar-refractivity contribution < 1.29 is 26.2 Å². The van der Waals surface area contributed by atoms with E-state index in [1.165, 1.54) is 43.7 Å². The molecule has 0 aliphatic carbocycles. The summed E-state index contributed by atoms with van der Waals surface area (Å²) in [6.07, 6.45) is 6.52. The fraction of sp³-hybridized carbons (Fsp3) is 0.310. The molecule has 0 N–H and O–H groups in total. The Labute approximate surface area is 224 Å². The van der Waals surface area contributed by atoms with Gasteiger partial charge in [0.25, 0.3) is 0 Å². The van der Waals surface area contributed by atoms with Gasteiger partial charge in [-0.1, -0.05) is 12.1 Å². The molecule has 1 amide bonds. The topological polar surface area (TPSA) is 84.9 Å². The van der Waals surface area contributed by atoms with E-state index in [-0.39, 0.29) is 16.9 Å². The molecule has 0 unspecified atom stereocenters. The molecule has 1 saturated heterocycles. The van der Waals surface area contributed by atoms with Crippen LogP contribution in [0.15, 0.2) is 60.9 Å². The summed E-state index contributed by atoms with van der Waals surface area (Å²) < 4.78 is 43.6. The Balaban J connectivity index is 1.73. The van der Waals surface area contributed by atoms with Gasteiger partial charge in [0.1, 0.15) is 17.5 Å². The Hall–Kier alpha value is -4.11. The molecule has 38 heavy (non-hydrogen) atoms. The van der Waals surface area contributed by atoms with Crippen molar-refractivity contribution in [3.63, 3.8) is 0 Å². The first kappa shape index (κ1) is 24.2. The van der Waals surface area contributed by atoms with Gasteiger partial charge in [0.05, 0.1) is 16.3 Å². The summed E-state index contributed by atoms with van der Waals surface area (Å²) in [6, 6.07) is 10.7. The van der Waals surface area contributed by atoms with Crippen molar-refractivity contribution in [1.29, 1.82) is 0 Å². The molecule has 1 fully saturated rings. The standard InChI is InChI=1S/C29H31FN4O4/c1-33(2)26-8-6-23(18-32-26)24-7-4-21(16-25(24)30)19-34(29(36)22-11-14-38-15-12-22)27-17-20(10-13-31-27)5-9-28(35)37-3/h4-10,13,16-18,22H,11-12,14-15,19H2,1-3H3/b9-5+/i19D2. The Bertz CT molecular complexity index is 1390. The summed E-state index contributed by atoms with van der Waals surface area (Å²) in [5, 5.41) is 0. The summed E-state index contributed by atoms with van der Waals surface area (Å²) in [7, 11) is 4.97. The number of esters is 1. The summed E-state index contributed by atoms with van der Waals surface area (Å²) >= 11 is 0. The second-order valence-corrected chi connectivity index (χ2v) is 8.97. The number of halogens is 1. The minimum absolute atomic E-state index is 0.0291. The van der Waals surface area contributed by atoms with Gasteiger partial charge < -0.3 is 14.4 Å². The van der Waals surface area contributed by atoms with Crippen molar-refractivity contribution in [2.75, 3.05) is 44.2 Å². The lowest BCUT2D eigenvalue weighted by atomic mass is 9.98. The minimum atomic E-state index is -2.46. The lowest BCUT2D eigenvalue weighted by Gasteiger charge is -2.29. The number of hydrogen-bond donors (Lipinski definition) is 0. The van der Waals surface area contributed by atoms with Crippen molar-refractivity contribution in [3.8, 4) is 11.1 Å². The maximum absolute atomic E-state index is 15.4. The molecule has 3 heterocycles. The van der Waals surface area contributed by atoms with Gasteiger partial charge in [-0.15, -0.1) is 0 Å². The lowest BCUT2D eigenvalue weighted by molar-refractivity contribution is -0.134. The van der Waals surface area contributed by atoms with Crippen molar-refractivity contribution in [2.45, 2.75) is 19.3 Å². The Morgan fingerprint density at radius 2 is 1.92 bits per heavy atom. The van der Waals surface area contributed by atoms with Crippen molar-refractivity contribution in [2.24, 2.45) is 5.92 Å². The summed E-state index contributed by atoms with van der Waals surface area (Å²) in [5.74, 6) is -1.45. The second kappa shape index (κ2) is 12.4. The fourth-order valence-electron chi connectivity index (χ4n) is 4.00. The Morgan fingerprint density at radius 3 is 2.58 bits per heavy atom. The van der Waals surface area contributed by atoms with Crippen LogP contribution in [0.2, 0.25) is 0 Å². The van der Waals surface area contributed by atoms with Gasteiger partial charge in [-0.2, -0.15) is 0 Å². The van der Waals surface area contributed by atoms with Crippen LogP contribution in [0.4, 0.5) is 16.0 Å². The van der Waals surface area contributed by atoms with Gasteiger partial charge in [-0.25, -0.2) is 19.2 Å². The van der Waals surface area contributed by atoms with Crippen LogP contribution in [0, 0.1) is 11.7 Å². The number of hydrogen-bond acceptors (Lipinski definition) is 7. The molecule has 0 atom stereocenters. The highest BCUT2D eigenvalue weighted by molar-refractivity contribution is 5.94. The number of rotatable bonds is 8. The zero-order valence-corrected chi connectivity index (χ0v) is 21.6. The fourth-order valence-corrected chi connectivity index (χ4v) is 4.00. The van der Waals surface area contributed by atoms with Crippen molar-refractivity contribution >= 4 is 29.6 Å². The largest absolute Gasteiger partial charge is 0.466 e. The molecule has 1 aromatic carbocycles. The molecule has 8 nitrogen and oxygen atoms in total. The first-order valence-corrected chi connectivity index (χ1v) is 12.2. The van der Waals surface area contributed by atoms with Crippen LogP contribution >= 0.6 is 0 Å². The molecule has 0 spiro atoms. The second-order valence-electron chi connectivity index (χ2n) is 8.97. The SMILES string of the molecule is [2H]C([2H])(c1ccc(-c2ccc(N(C)C)nc2)c(F)c1)N(C(=O)C1CCOCC1)c1cc(/C=C/C(=O)OC)ccn1. The lowest BCUT2D eigenvalue weighted by Crippen LogP contribution is -2.38. The zero-order chi connectivity index (χ0) is 28.9. The Kier molecular flexibility index (Phi) is 7.92. The maximum Gasteiger partial charge on any atom is 0.330 e. The van der Waals surface area contributed by atoms with Crippen LogP contribution in [0.25, 0.3) is 17.2 Å². The van der Waals surface area contributed by atoms with Gasteiger partial charge in [-0.3, -0.25) is 9.69 Å². The molecule has 2 aromatic heterocycles. The molecule has 4 rings (SSSR count). The summed E-state index contributed by atoms with van der Waals surface area (Å²) in [4.78, 5) is 36.8.